The highest BCUT2D eigenvalue weighted by atomic mass is 32.1. The fourth-order valence-electron chi connectivity index (χ4n) is 2.25. The van der Waals surface area contributed by atoms with Crippen LogP contribution in [-0.4, -0.2) is 16.1 Å². The Kier molecular flexibility index (Phi) is 3.75. The maximum atomic E-state index is 11.0. The van der Waals surface area contributed by atoms with Crippen LogP contribution in [0.25, 0.3) is 0 Å². The molecule has 1 aliphatic rings. The molecular weight excluding hydrogens is 236 g/mol. The van der Waals surface area contributed by atoms with Crippen molar-refractivity contribution in [1.82, 2.24) is 4.98 Å². The summed E-state index contributed by atoms with van der Waals surface area (Å²) in [5.74, 6) is -0.618. The van der Waals surface area contributed by atoms with E-state index in [4.69, 9.17) is 10.4 Å². The second-order valence-corrected chi connectivity index (χ2v) is 5.41. The van der Waals surface area contributed by atoms with E-state index in [1.807, 2.05) is 6.07 Å². The minimum Gasteiger partial charge on any atom is -0.476 e. The number of aromatic carboxylic acids is 1. The van der Waals surface area contributed by atoms with Gasteiger partial charge in [0.05, 0.1) is 22.4 Å². The molecule has 2 rings (SSSR count). The smallest absolute Gasteiger partial charge is 0.355 e. The molecule has 1 aromatic heterocycles. The van der Waals surface area contributed by atoms with Crippen molar-refractivity contribution in [2.45, 2.75) is 44.4 Å². The molecule has 0 aromatic carbocycles. The number of hydrogen-bond donors (Lipinski definition) is 1. The molecule has 0 radical (unpaired) electrons. The van der Waals surface area contributed by atoms with Crippen molar-refractivity contribution in [2.24, 2.45) is 0 Å². The predicted octanol–water partition coefficient (Wildman–Crippen LogP) is 2.96. The highest BCUT2D eigenvalue weighted by Crippen LogP contribution is 2.36. The molecule has 0 amide bonds. The van der Waals surface area contributed by atoms with E-state index in [9.17, 15) is 4.79 Å². The van der Waals surface area contributed by atoms with E-state index in [1.54, 1.807) is 0 Å². The zero-order chi connectivity index (χ0) is 12.3. The van der Waals surface area contributed by atoms with Crippen LogP contribution in [0.15, 0.2) is 0 Å². The van der Waals surface area contributed by atoms with E-state index < -0.39 is 5.97 Å². The number of carboxylic acids is 1. The lowest BCUT2D eigenvalue weighted by molar-refractivity contribution is 0.0690. The summed E-state index contributed by atoms with van der Waals surface area (Å²) in [6.07, 6.45) is 5.99. The third-order valence-electron chi connectivity index (χ3n) is 3.11. The van der Waals surface area contributed by atoms with E-state index in [0.29, 0.717) is 10.8 Å². The van der Waals surface area contributed by atoms with Gasteiger partial charge in [0.15, 0.2) is 5.69 Å². The Hall–Kier alpha value is -1.41. The minimum atomic E-state index is -1.02. The molecule has 4 nitrogen and oxygen atoms in total. The summed E-state index contributed by atoms with van der Waals surface area (Å²) >= 11 is 1.40. The van der Waals surface area contributed by atoms with Crippen molar-refractivity contribution in [3.8, 4) is 6.07 Å². The molecule has 0 bridgehead atoms. The first-order valence-corrected chi connectivity index (χ1v) is 6.64. The van der Waals surface area contributed by atoms with Gasteiger partial charge in [0.25, 0.3) is 0 Å². The van der Waals surface area contributed by atoms with E-state index in [0.717, 1.165) is 17.8 Å². The highest BCUT2D eigenvalue weighted by Gasteiger charge is 2.23. The van der Waals surface area contributed by atoms with Gasteiger partial charge in [-0.15, -0.1) is 11.3 Å². The van der Waals surface area contributed by atoms with Crippen LogP contribution in [0.5, 0.6) is 0 Å². The van der Waals surface area contributed by atoms with Gasteiger partial charge in [0.1, 0.15) is 0 Å². The Balaban J connectivity index is 2.26. The zero-order valence-corrected chi connectivity index (χ0v) is 10.3. The summed E-state index contributed by atoms with van der Waals surface area (Å²) < 4.78 is 0. The van der Waals surface area contributed by atoms with Crippen LogP contribution >= 0.6 is 11.3 Å². The van der Waals surface area contributed by atoms with Crippen LogP contribution in [0.4, 0.5) is 0 Å². The maximum absolute atomic E-state index is 11.0. The molecule has 0 saturated heterocycles. The molecule has 5 heteroatoms. The average Bonchev–Trinajstić information content (AvgIpc) is 2.75. The van der Waals surface area contributed by atoms with Gasteiger partial charge in [-0.1, -0.05) is 19.3 Å². The lowest BCUT2D eigenvalue weighted by Gasteiger charge is -2.18. The Bertz CT molecular complexity index is 456. The normalized spacial score (nSPS) is 16.6. The number of hydrogen-bond acceptors (Lipinski definition) is 4. The van der Waals surface area contributed by atoms with Gasteiger partial charge >= 0.3 is 5.97 Å². The quantitative estimate of drug-likeness (QED) is 0.895. The SMILES string of the molecule is N#CCc1sc(C2CCCCC2)nc1C(=O)O. The van der Waals surface area contributed by atoms with Crippen molar-refractivity contribution >= 4 is 17.3 Å². The van der Waals surface area contributed by atoms with Gasteiger partial charge in [-0.05, 0) is 12.8 Å². The molecule has 1 aliphatic carbocycles. The van der Waals surface area contributed by atoms with E-state index in [1.165, 1.54) is 30.6 Å². The number of carboxylic acid groups (broad SMARTS) is 1. The van der Waals surface area contributed by atoms with Crippen LogP contribution in [0, 0.1) is 11.3 Å². The molecule has 0 unspecified atom stereocenters. The summed E-state index contributed by atoms with van der Waals surface area (Å²) in [5, 5.41) is 18.6. The monoisotopic (exact) mass is 250 g/mol. The Morgan fingerprint density at radius 3 is 2.76 bits per heavy atom. The van der Waals surface area contributed by atoms with E-state index in [2.05, 4.69) is 4.98 Å². The highest BCUT2D eigenvalue weighted by molar-refractivity contribution is 7.12. The van der Waals surface area contributed by atoms with E-state index in [-0.39, 0.29) is 12.1 Å². The molecule has 0 atom stereocenters. The Morgan fingerprint density at radius 1 is 1.47 bits per heavy atom. The molecule has 0 aliphatic heterocycles. The van der Waals surface area contributed by atoms with Crippen LogP contribution in [0.1, 0.15) is 58.4 Å². The van der Waals surface area contributed by atoms with Gasteiger partial charge in [0, 0.05) is 5.92 Å². The van der Waals surface area contributed by atoms with Crippen molar-refractivity contribution in [3.63, 3.8) is 0 Å². The second-order valence-electron chi connectivity index (χ2n) is 4.30. The zero-order valence-electron chi connectivity index (χ0n) is 9.48. The van der Waals surface area contributed by atoms with Crippen molar-refractivity contribution in [3.05, 3.63) is 15.6 Å². The Labute approximate surface area is 104 Å². The molecule has 0 spiro atoms. The number of aromatic nitrogens is 1. The fraction of sp³-hybridized carbons (Fsp3) is 0.583. The molecular formula is C12H14N2O2S. The van der Waals surface area contributed by atoms with Crippen LogP contribution in [0.2, 0.25) is 0 Å². The summed E-state index contributed by atoms with van der Waals surface area (Å²) in [5.41, 5.74) is 0.0807. The molecule has 90 valence electrons. The largest absolute Gasteiger partial charge is 0.476 e. The maximum Gasteiger partial charge on any atom is 0.355 e. The number of nitrogens with zero attached hydrogens (tertiary/aromatic N) is 2. The lowest BCUT2D eigenvalue weighted by atomic mass is 9.90. The molecule has 1 aromatic rings. The third-order valence-corrected chi connectivity index (χ3v) is 4.33. The number of carbonyl (C=O) groups is 1. The summed E-state index contributed by atoms with van der Waals surface area (Å²) in [7, 11) is 0. The average molecular weight is 250 g/mol. The van der Waals surface area contributed by atoms with Crippen LogP contribution < -0.4 is 0 Å². The van der Waals surface area contributed by atoms with Gasteiger partial charge in [-0.2, -0.15) is 5.26 Å². The fourth-order valence-corrected chi connectivity index (χ4v) is 3.41. The van der Waals surface area contributed by atoms with Crippen LogP contribution in [0.3, 0.4) is 0 Å². The molecule has 1 saturated carbocycles. The summed E-state index contributed by atoms with van der Waals surface area (Å²) in [4.78, 5) is 15.8. The molecule has 1 heterocycles. The van der Waals surface area contributed by atoms with Gasteiger partial charge in [-0.25, -0.2) is 9.78 Å². The van der Waals surface area contributed by atoms with Gasteiger partial charge in [0.2, 0.25) is 0 Å². The number of rotatable bonds is 3. The van der Waals surface area contributed by atoms with Crippen LogP contribution in [-0.2, 0) is 6.42 Å². The number of nitriles is 1. The van der Waals surface area contributed by atoms with Gasteiger partial charge < -0.3 is 5.11 Å². The van der Waals surface area contributed by atoms with Crippen molar-refractivity contribution in [1.29, 1.82) is 5.26 Å². The molecule has 1 fully saturated rings. The number of thiazole rings is 1. The second kappa shape index (κ2) is 5.28. The first-order chi connectivity index (χ1) is 8.22. The van der Waals surface area contributed by atoms with Crippen molar-refractivity contribution in [2.75, 3.05) is 0 Å². The first kappa shape index (κ1) is 12.1. The molecule has 17 heavy (non-hydrogen) atoms. The third kappa shape index (κ3) is 2.64. The predicted molar refractivity (Wildman–Crippen MR) is 64.2 cm³/mol. The van der Waals surface area contributed by atoms with Crippen molar-refractivity contribution < 1.29 is 9.90 Å². The minimum absolute atomic E-state index is 0.0807. The lowest BCUT2D eigenvalue weighted by Crippen LogP contribution is -2.05. The van der Waals surface area contributed by atoms with Gasteiger partial charge in [-0.3, -0.25) is 0 Å². The first-order valence-electron chi connectivity index (χ1n) is 5.82. The standard InChI is InChI=1S/C12H14N2O2S/c13-7-6-9-10(12(15)16)14-11(17-9)8-4-2-1-3-5-8/h8H,1-6H2,(H,15,16). The van der Waals surface area contributed by atoms with E-state index >= 15 is 0 Å². The summed E-state index contributed by atoms with van der Waals surface area (Å²) in [6, 6.07) is 2.00. The molecule has 1 N–H and O–H groups in total. The Morgan fingerprint density at radius 2 is 2.18 bits per heavy atom. The topological polar surface area (TPSA) is 74.0 Å². The summed E-state index contributed by atoms with van der Waals surface area (Å²) in [6.45, 7) is 0.